The van der Waals surface area contributed by atoms with Gasteiger partial charge in [0.2, 0.25) is 5.91 Å². The molecule has 5 nitrogen and oxygen atoms in total. The van der Waals surface area contributed by atoms with Gasteiger partial charge in [0.1, 0.15) is 5.82 Å². The molecule has 0 radical (unpaired) electrons. The first-order chi connectivity index (χ1) is 9.65. The van der Waals surface area contributed by atoms with Crippen molar-refractivity contribution in [1.29, 1.82) is 0 Å². The Bertz CT molecular complexity index is 836. The zero-order valence-corrected chi connectivity index (χ0v) is 11.5. The second kappa shape index (κ2) is 4.90. The number of carbonyl (C=O) groups is 1. The summed E-state index contributed by atoms with van der Waals surface area (Å²) in [5, 5.41) is 4.42. The number of amides is 1. The Labute approximate surface area is 118 Å². The summed E-state index contributed by atoms with van der Waals surface area (Å²) in [5.41, 5.74) is 1.55. The summed E-state index contributed by atoms with van der Waals surface area (Å²) in [6.45, 7) is 1.38. The molecule has 3 rings (SSSR count). The summed E-state index contributed by atoms with van der Waals surface area (Å²) < 4.78 is 1.55. The lowest BCUT2D eigenvalue weighted by Crippen LogP contribution is -2.17. The van der Waals surface area contributed by atoms with Crippen LogP contribution in [-0.4, -0.2) is 15.3 Å². The fourth-order valence-electron chi connectivity index (χ4n) is 1.97. The molecule has 1 aromatic carbocycles. The van der Waals surface area contributed by atoms with E-state index in [0.717, 1.165) is 11.3 Å². The number of anilines is 1. The Balaban J connectivity index is 2.19. The molecule has 0 atom stereocenters. The minimum Gasteiger partial charge on any atom is -0.311 e. The number of nitrogens with zero attached hydrogens (tertiary/aromatic N) is 2. The van der Waals surface area contributed by atoms with E-state index in [2.05, 4.69) is 10.3 Å². The van der Waals surface area contributed by atoms with Crippen molar-refractivity contribution in [1.82, 2.24) is 9.38 Å². The second-order valence-corrected chi connectivity index (χ2v) is 5.10. The fourth-order valence-corrected chi connectivity index (χ4v) is 2.88. The molecule has 0 aliphatic rings. The summed E-state index contributed by atoms with van der Waals surface area (Å²) in [4.78, 5) is 28.1. The highest BCUT2D eigenvalue weighted by Crippen LogP contribution is 2.24. The van der Waals surface area contributed by atoms with Crippen LogP contribution in [0.15, 0.2) is 46.6 Å². The standard InChI is InChI=1S/C14H11N3O2S/c1-9(18)15-12-7-13(19)17-11(8-20-14(17)16-12)10-5-3-2-4-6-10/h2-8H,1H3,(H,15,18). The van der Waals surface area contributed by atoms with E-state index >= 15 is 0 Å². The Hall–Kier alpha value is -2.47. The molecule has 1 amide bonds. The van der Waals surface area contributed by atoms with Crippen LogP contribution in [-0.2, 0) is 4.79 Å². The van der Waals surface area contributed by atoms with Gasteiger partial charge in [0.15, 0.2) is 4.96 Å². The van der Waals surface area contributed by atoms with Crippen LogP contribution in [0.5, 0.6) is 0 Å². The number of hydrogen-bond acceptors (Lipinski definition) is 4. The summed E-state index contributed by atoms with van der Waals surface area (Å²) in [6, 6.07) is 11.0. The summed E-state index contributed by atoms with van der Waals surface area (Å²) in [7, 11) is 0. The van der Waals surface area contributed by atoms with Gasteiger partial charge in [-0.3, -0.25) is 14.0 Å². The lowest BCUT2D eigenvalue weighted by Gasteiger charge is -2.03. The third-order valence-electron chi connectivity index (χ3n) is 2.78. The van der Waals surface area contributed by atoms with Gasteiger partial charge in [-0.2, -0.15) is 0 Å². The molecule has 0 saturated heterocycles. The molecule has 0 saturated carbocycles. The van der Waals surface area contributed by atoms with Crippen molar-refractivity contribution >= 4 is 28.0 Å². The first kappa shape index (κ1) is 12.6. The van der Waals surface area contributed by atoms with Crippen molar-refractivity contribution in [2.75, 3.05) is 5.32 Å². The van der Waals surface area contributed by atoms with Crippen LogP contribution in [0.3, 0.4) is 0 Å². The molecule has 6 heteroatoms. The predicted octanol–water partition coefficient (Wildman–Crippen LogP) is 2.38. The molecule has 0 spiro atoms. The quantitative estimate of drug-likeness (QED) is 0.786. The predicted molar refractivity (Wildman–Crippen MR) is 79.1 cm³/mol. The molecule has 2 aromatic heterocycles. The number of fused-ring (bicyclic) bond motifs is 1. The SMILES string of the molecule is CC(=O)Nc1cc(=O)n2c(-c3ccccc3)csc2n1. The van der Waals surface area contributed by atoms with E-state index in [9.17, 15) is 9.59 Å². The van der Waals surface area contributed by atoms with E-state index in [1.165, 1.54) is 24.3 Å². The largest absolute Gasteiger partial charge is 0.311 e. The van der Waals surface area contributed by atoms with Crippen LogP contribution in [0.25, 0.3) is 16.2 Å². The van der Waals surface area contributed by atoms with E-state index in [0.29, 0.717) is 4.96 Å². The van der Waals surface area contributed by atoms with Gasteiger partial charge in [0, 0.05) is 18.4 Å². The number of carbonyl (C=O) groups excluding carboxylic acids is 1. The third kappa shape index (κ3) is 2.21. The number of aromatic nitrogens is 2. The monoisotopic (exact) mass is 285 g/mol. The Morgan fingerprint density at radius 3 is 2.75 bits per heavy atom. The smallest absolute Gasteiger partial charge is 0.261 e. The summed E-state index contributed by atoms with van der Waals surface area (Å²) >= 11 is 1.36. The number of rotatable bonds is 2. The van der Waals surface area contributed by atoms with Gasteiger partial charge in [-0.1, -0.05) is 30.3 Å². The maximum absolute atomic E-state index is 12.2. The molecule has 2 heterocycles. The van der Waals surface area contributed by atoms with E-state index in [1.54, 1.807) is 4.40 Å². The van der Waals surface area contributed by atoms with Crippen LogP contribution < -0.4 is 10.9 Å². The average molecular weight is 285 g/mol. The number of benzene rings is 1. The third-order valence-corrected chi connectivity index (χ3v) is 3.60. The maximum Gasteiger partial charge on any atom is 0.261 e. The van der Waals surface area contributed by atoms with E-state index in [4.69, 9.17) is 0 Å². The average Bonchev–Trinajstić information content (AvgIpc) is 2.83. The van der Waals surface area contributed by atoms with Crippen LogP contribution in [0.1, 0.15) is 6.92 Å². The zero-order chi connectivity index (χ0) is 14.1. The normalized spacial score (nSPS) is 10.7. The lowest BCUT2D eigenvalue weighted by atomic mass is 10.2. The van der Waals surface area contributed by atoms with E-state index < -0.39 is 0 Å². The molecule has 0 aliphatic heterocycles. The summed E-state index contributed by atoms with van der Waals surface area (Å²) in [5.74, 6) is 0.0325. The van der Waals surface area contributed by atoms with E-state index in [-0.39, 0.29) is 17.3 Å². The minimum absolute atomic E-state index is 0.209. The van der Waals surface area contributed by atoms with Gasteiger partial charge < -0.3 is 5.32 Å². The minimum atomic E-state index is -0.249. The highest BCUT2D eigenvalue weighted by atomic mass is 32.1. The number of thiazole rings is 1. The molecule has 0 fully saturated rings. The number of hydrogen-bond donors (Lipinski definition) is 1. The van der Waals surface area contributed by atoms with Gasteiger partial charge in [-0.25, -0.2) is 4.98 Å². The Kier molecular flexibility index (Phi) is 3.08. The molecular formula is C14H11N3O2S. The fraction of sp³-hybridized carbons (Fsp3) is 0.0714. The van der Waals surface area contributed by atoms with Crippen molar-refractivity contribution in [3.05, 3.63) is 52.1 Å². The highest BCUT2D eigenvalue weighted by molar-refractivity contribution is 7.15. The van der Waals surface area contributed by atoms with Crippen LogP contribution in [0.2, 0.25) is 0 Å². The Morgan fingerprint density at radius 1 is 1.30 bits per heavy atom. The van der Waals surface area contributed by atoms with Crippen molar-refractivity contribution in [2.45, 2.75) is 6.92 Å². The van der Waals surface area contributed by atoms with Gasteiger partial charge in [-0.15, -0.1) is 11.3 Å². The van der Waals surface area contributed by atoms with Crippen molar-refractivity contribution in [3.8, 4) is 11.3 Å². The molecular weight excluding hydrogens is 274 g/mol. The topological polar surface area (TPSA) is 63.5 Å². The van der Waals surface area contributed by atoms with Crippen LogP contribution in [0.4, 0.5) is 5.82 Å². The molecule has 0 bridgehead atoms. The summed E-state index contributed by atoms with van der Waals surface area (Å²) in [6.07, 6.45) is 0. The van der Waals surface area contributed by atoms with Gasteiger partial charge in [0.25, 0.3) is 5.56 Å². The van der Waals surface area contributed by atoms with E-state index in [1.807, 2.05) is 35.7 Å². The van der Waals surface area contributed by atoms with Crippen molar-refractivity contribution in [3.63, 3.8) is 0 Å². The molecule has 0 aliphatic carbocycles. The Morgan fingerprint density at radius 2 is 2.05 bits per heavy atom. The van der Waals surface area contributed by atoms with Gasteiger partial charge in [-0.05, 0) is 5.56 Å². The second-order valence-electron chi connectivity index (χ2n) is 4.27. The molecule has 100 valence electrons. The van der Waals surface area contributed by atoms with Crippen molar-refractivity contribution < 1.29 is 4.79 Å². The highest BCUT2D eigenvalue weighted by Gasteiger charge is 2.10. The maximum atomic E-state index is 12.2. The number of nitrogens with one attached hydrogen (secondary N) is 1. The first-order valence-electron chi connectivity index (χ1n) is 5.99. The molecule has 1 N–H and O–H groups in total. The van der Waals surface area contributed by atoms with Crippen LogP contribution in [0, 0.1) is 0 Å². The van der Waals surface area contributed by atoms with Gasteiger partial charge in [0.05, 0.1) is 5.69 Å². The van der Waals surface area contributed by atoms with Crippen molar-refractivity contribution in [2.24, 2.45) is 0 Å². The van der Waals surface area contributed by atoms with Crippen LogP contribution >= 0.6 is 11.3 Å². The lowest BCUT2D eigenvalue weighted by molar-refractivity contribution is -0.114. The molecule has 0 unspecified atom stereocenters. The first-order valence-corrected chi connectivity index (χ1v) is 6.87. The molecule has 3 aromatic rings. The molecule has 20 heavy (non-hydrogen) atoms. The van der Waals surface area contributed by atoms with Gasteiger partial charge >= 0.3 is 0 Å². The zero-order valence-electron chi connectivity index (χ0n) is 10.7.